The summed E-state index contributed by atoms with van der Waals surface area (Å²) in [6.45, 7) is 6.90. The molecular weight excluding hydrogens is 136 g/mol. The van der Waals surface area contributed by atoms with Crippen molar-refractivity contribution in [2.75, 3.05) is 20.1 Å². The van der Waals surface area contributed by atoms with Gasteiger partial charge in [0.25, 0.3) is 0 Å². The Kier molecular flexibility index (Phi) is 3.34. The molecule has 66 valence electrons. The van der Waals surface area contributed by atoms with Gasteiger partial charge in [-0.3, -0.25) is 0 Å². The van der Waals surface area contributed by atoms with Gasteiger partial charge in [-0.1, -0.05) is 13.8 Å². The minimum atomic E-state index is 0.721. The molecule has 0 amide bonds. The Morgan fingerprint density at radius 2 is 2.09 bits per heavy atom. The highest BCUT2D eigenvalue weighted by molar-refractivity contribution is 4.85. The molecule has 1 fully saturated rings. The molecule has 2 heteroatoms. The molecule has 0 unspecified atom stereocenters. The van der Waals surface area contributed by atoms with E-state index in [-0.39, 0.29) is 0 Å². The predicted octanol–water partition coefficient (Wildman–Crippen LogP) is 1.08. The first-order chi connectivity index (χ1) is 5.29. The molecule has 0 radical (unpaired) electrons. The van der Waals surface area contributed by atoms with Crippen LogP contribution in [0.25, 0.3) is 0 Å². The molecule has 1 aliphatic heterocycles. The summed E-state index contributed by atoms with van der Waals surface area (Å²) < 4.78 is 0. The van der Waals surface area contributed by atoms with Gasteiger partial charge in [0.1, 0.15) is 0 Å². The lowest BCUT2D eigenvalue weighted by molar-refractivity contribution is 0.143. The average molecular weight is 156 g/mol. The second-order valence-electron chi connectivity index (χ2n) is 3.43. The molecule has 0 aromatic carbocycles. The van der Waals surface area contributed by atoms with Crippen molar-refractivity contribution in [2.45, 2.75) is 38.8 Å². The molecule has 1 heterocycles. The summed E-state index contributed by atoms with van der Waals surface area (Å²) in [5.74, 6) is 0. The van der Waals surface area contributed by atoms with Crippen molar-refractivity contribution in [3.8, 4) is 0 Å². The maximum absolute atomic E-state index is 3.56. The zero-order valence-corrected chi connectivity index (χ0v) is 7.93. The third kappa shape index (κ3) is 1.94. The van der Waals surface area contributed by atoms with Crippen LogP contribution in [-0.2, 0) is 0 Å². The largest absolute Gasteiger partial charge is 0.311 e. The molecule has 2 nitrogen and oxygen atoms in total. The molecule has 2 atom stereocenters. The quantitative estimate of drug-likeness (QED) is 0.643. The van der Waals surface area contributed by atoms with Gasteiger partial charge in [0, 0.05) is 25.2 Å². The minimum absolute atomic E-state index is 0.721. The zero-order valence-electron chi connectivity index (χ0n) is 7.93. The third-order valence-corrected chi connectivity index (χ3v) is 2.76. The fraction of sp³-hybridized carbons (Fsp3) is 1.00. The van der Waals surface area contributed by atoms with Gasteiger partial charge in [0.05, 0.1) is 0 Å². The van der Waals surface area contributed by atoms with Gasteiger partial charge >= 0.3 is 0 Å². The van der Waals surface area contributed by atoms with Gasteiger partial charge in [-0.25, -0.2) is 0 Å². The number of likely N-dealkylation sites (N-methyl/N-ethyl adjacent to an activating group) is 1. The Balaban J connectivity index is 2.48. The van der Waals surface area contributed by atoms with E-state index in [9.17, 15) is 0 Å². The van der Waals surface area contributed by atoms with Crippen LogP contribution in [0, 0.1) is 0 Å². The van der Waals surface area contributed by atoms with Gasteiger partial charge < -0.3 is 10.2 Å². The van der Waals surface area contributed by atoms with Gasteiger partial charge in [0.2, 0.25) is 0 Å². The number of piperazine rings is 1. The smallest absolute Gasteiger partial charge is 0.0244 e. The van der Waals surface area contributed by atoms with Crippen molar-refractivity contribution >= 4 is 0 Å². The summed E-state index contributed by atoms with van der Waals surface area (Å²) in [6, 6.07) is 1.48. The monoisotopic (exact) mass is 156 g/mol. The molecule has 1 rings (SSSR count). The Labute approximate surface area is 70.0 Å². The minimum Gasteiger partial charge on any atom is -0.311 e. The van der Waals surface area contributed by atoms with Crippen LogP contribution >= 0.6 is 0 Å². The van der Waals surface area contributed by atoms with Crippen molar-refractivity contribution in [3.63, 3.8) is 0 Å². The van der Waals surface area contributed by atoms with E-state index in [0.717, 1.165) is 18.6 Å². The van der Waals surface area contributed by atoms with E-state index in [1.807, 2.05) is 0 Å². The van der Waals surface area contributed by atoms with E-state index in [1.165, 1.54) is 19.4 Å². The van der Waals surface area contributed by atoms with Crippen molar-refractivity contribution in [2.24, 2.45) is 0 Å². The summed E-state index contributed by atoms with van der Waals surface area (Å²) >= 11 is 0. The van der Waals surface area contributed by atoms with Gasteiger partial charge in [-0.15, -0.1) is 0 Å². The fourth-order valence-corrected chi connectivity index (χ4v) is 2.05. The summed E-state index contributed by atoms with van der Waals surface area (Å²) in [4.78, 5) is 2.48. The molecule has 0 aliphatic carbocycles. The Bertz CT molecular complexity index is 114. The summed E-state index contributed by atoms with van der Waals surface area (Å²) in [5.41, 5.74) is 0. The Morgan fingerprint density at radius 1 is 1.36 bits per heavy atom. The van der Waals surface area contributed by atoms with Crippen LogP contribution < -0.4 is 5.32 Å². The first-order valence-corrected chi connectivity index (χ1v) is 4.73. The van der Waals surface area contributed by atoms with Crippen LogP contribution in [0.4, 0.5) is 0 Å². The average Bonchev–Trinajstić information content (AvgIpc) is 2.04. The lowest BCUT2D eigenvalue weighted by atomic mass is 9.99. The normalized spacial score (nSPS) is 34.1. The van der Waals surface area contributed by atoms with E-state index in [4.69, 9.17) is 0 Å². The molecule has 1 aliphatic rings. The Morgan fingerprint density at radius 3 is 2.55 bits per heavy atom. The highest BCUT2D eigenvalue weighted by Gasteiger charge is 2.25. The number of hydrogen-bond acceptors (Lipinski definition) is 2. The van der Waals surface area contributed by atoms with E-state index < -0.39 is 0 Å². The van der Waals surface area contributed by atoms with Crippen LogP contribution in [0.5, 0.6) is 0 Å². The van der Waals surface area contributed by atoms with E-state index in [1.54, 1.807) is 0 Å². The maximum atomic E-state index is 3.56. The second kappa shape index (κ2) is 4.07. The van der Waals surface area contributed by atoms with Crippen molar-refractivity contribution in [3.05, 3.63) is 0 Å². The summed E-state index contributed by atoms with van der Waals surface area (Å²) in [7, 11) is 2.23. The molecule has 0 spiro atoms. The highest BCUT2D eigenvalue weighted by Crippen LogP contribution is 2.12. The molecule has 1 N–H and O–H groups in total. The summed E-state index contributed by atoms with van der Waals surface area (Å²) in [5, 5.41) is 3.56. The predicted molar refractivity (Wildman–Crippen MR) is 48.8 cm³/mol. The second-order valence-corrected chi connectivity index (χ2v) is 3.43. The maximum Gasteiger partial charge on any atom is 0.0244 e. The molecule has 11 heavy (non-hydrogen) atoms. The number of nitrogens with one attached hydrogen (secondary N) is 1. The number of nitrogens with zero attached hydrogens (tertiary/aromatic N) is 1. The van der Waals surface area contributed by atoms with Crippen molar-refractivity contribution in [1.82, 2.24) is 10.2 Å². The summed E-state index contributed by atoms with van der Waals surface area (Å²) in [6.07, 6.45) is 2.52. The molecule has 0 saturated carbocycles. The van der Waals surface area contributed by atoms with Crippen molar-refractivity contribution in [1.29, 1.82) is 0 Å². The van der Waals surface area contributed by atoms with E-state index in [0.29, 0.717) is 0 Å². The Hall–Kier alpha value is -0.0800. The SMILES string of the molecule is CC[C@@H]1[C@@H](CC)NCCN1C. The van der Waals surface area contributed by atoms with Gasteiger partial charge in [-0.05, 0) is 19.9 Å². The molecule has 0 aromatic rings. The number of hydrogen-bond donors (Lipinski definition) is 1. The van der Waals surface area contributed by atoms with Crippen LogP contribution in [0.1, 0.15) is 26.7 Å². The highest BCUT2D eigenvalue weighted by atomic mass is 15.2. The van der Waals surface area contributed by atoms with Gasteiger partial charge in [-0.2, -0.15) is 0 Å². The van der Waals surface area contributed by atoms with Crippen LogP contribution in [0.2, 0.25) is 0 Å². The number of rotatable bonds is 2. The van der Waals surface area contributed by atoms with Crippen molar-refractivity contribution < 1.29 is 0 Å². The standard InChI is InChI=1S/C9H20N2/c1-4-8-9(5-2)11(3)7-6-10-8/h8-10H,4-7H2,1-3H3/t8-,9-/m1/s1. The molecular formula is C9H20N2. The van der Waals surface area contributed by atoms with Crippen LogP contribution in [0.3, 0.4) is 0 Å². The van der Waals surface area contributed by atoms with Gasteiger partial charge in [0.15, 0.2) is 0 Å². The van der Waals surface area contributed by atoms with Crippen LogP contribution in [0.15, 0.2) is 0 Å². The van der Waals surface area contributed by atoms with E-state index in [2.05, 4.69) is 31.1 Å². The first-order valence-electron chi connectivity index (χ1n) is 4.73. The lowest BCUT2D eigenvalue weighted by Crippen LogP contribution is -2.55. The zero-order chi connectivity index (χ0) is 8.27. The lowest BCUT2D eigenvalue weighted by Gasteiger charge is -2.39. The first kappa shape index (κ1) is 9.01. The third-order valence-electron chi connectivity index (χ3n) is 2.76. The molecule has 0 aromatic heterocycles. The van der Waals surface area contributed by atoms with Crippen LogP contribution in [-0.4, -0.2) is 37.1 Å². The molecule has 0 bridgehead atoms. The topological polar surface area (TPSA) is 15.3 Å². The van der Waals surface area contributed by atoms with E-state index >= 15 is 0 Å². The fourth-order valence-electron chi connectivity index (χ4n) is 2.05. The molecule has 1 saturated heterocycles.